The minimum atomic E-state index is -0.850. The van der Waals surface area contributed by atoms with E-state index in [1.54, 1.807) is 13.2 Å². The Balaban J connectivity index is 2.78. The number of amides is 1. The molecule has 0 saturated carbocycles. The predicted octanol–water partition coefficient (Wildman–Crippen LogP) is 3.96. The van der Waals surface area contributed by atoms with Crippen LogP contribution in [0.5, 0.6) is 5.88 Å². The van der Waals surface area contributed by atoms with Crippen molar-refractivity contribution in [3.05, 3.63) is 17.8 Å². The Morgan fingerprint density at radius 1 is 1.39 bits per heavy atom. The Hall–Kier alpha value is -1.62. The summed E-state index contributed by atoms with van der Waals surface area (Å²) in [5, 5.41) is 2.92. The second kappa shape index (κ2) is 8.87. The van der Waals surface area contributed by atoms with E-state index in [-0.39, 0.29) is 5.91 Å². The summed E-state index contributed by atoms with van der Waals surface area (Å²) >= 11 is 0. The highest BCUT2D eigenvalue weighted by Crippen LogP contribution is 2.24. The maximum Gasteiger partial charge on any atom is 0.256 e. The van der Waals surface area contributed by atoms with E-state index in [1.165, 1.54) is 0 Å². The van der Waals surface area contributed by atoms with E-state index in [9.17, 15) is 4.79 Å². The summed E-state index contributed by atoms with van der Waals surface area (Å²) in [4.78, 5) is 16.9. The molecule has 1 N–H and O–H groups in total. The third kappa shape index (κ3) is 5.82. The molecular formula is C18H30N2O3. The molecule has 0 aromatic carbocycles. The van der Waals surface area contributed by atoms with E-state index in [4.69, 9.17) is 9.47 Å². The first-order valence-corrected chi connectivity index (χ1v) is 8.29. The van der Waals surface area contributed by atoms with E-state index < -0.39 is 5.60 Å². The number of aromatic nitrogens is 1. The van der Waals surface area contributed by atoms with Crippen molar-refractivity contribution in [3.63, 3.8) is 0 Å². The molecule has 0 aliphatic heterocycles. The van der Waals surface area contributed by atoms with E-state index in [0.29, 0.717) is 30.5 Å². The molecule has 130 valence electrons. The molecule has 1 atom stereocenters. The number of pyridine rings is 1. The summed E-state index contributed by atoms with van der Waals surface area (Å²) in [5.74, 6) is 0.795. The van der Waals surface area contributed by atoms with Crippen molar-refractivity contribution in [3.8, 4) is 5.88 Å². The Morgan fingerprint density at radius 3 is 2.61 bits per heavy atom. The highest BCUT2D eigenvalue weighted by atomic mass is 16.5. The predicted molar refractivity (Wildman–Crippen MR) is 92.9 cm³/mol. The maximum atomic E-state index is 12.6. The molecule has 23 heavy (non-hydrogen) atoms. The normalized spacial score (nSPS) is 13.7. The smallest absolute Gasteiger partial charge is 0.256 e. The van der Waals surface area contributed by atoms with Gasteiger partial charge in [-0.2, -0.15) is 0 Å². The number of hydrogen-bond donors (Lipinski definition) is 1. The van der Waals surface area contributed by atoms with Crippen molar-refractivity contribution in [1.82, 2.24) is 4.98 Å². The first-order valence-electron chi connectivity index (χ1n) is 8.29. The lowest BCUT2D eigenvalue weighted by atomic mass is 9.93. The monoisotopic (exact) mass is 322 g/mol. The standard InChI is InChI=1S/C18H30N2O3/c1-7-8-11-23-16-10-9-15(14(4)19-16)20-17(21)18(5,22-6)12-13(2)3/h9-10,13H,7-8,11-12H2,1-6H3,(H,20,21). The van der Waals surface area contributed by atoms with Crippen LogP contribution in [0.15, 0.2) is 12.1 Å². The van der Waals surface area contributed by atoms with Gasteiger partial charge in [0.25, 0.3) is 5.91 Å². The van der Waals surface area contributed by atoms with Gasteiger partial charge in [0, 0.05) is 13.2 Å². The Kier molecular flexibility index (Phi) is 7.49. The molecule has 5 heteroatoms. The Bertz CT molecular complexity index is 517. The van der Waals surface area contributed by atoms with Crippen molar-refractivity contribution < 1.29 is 14.3 Å². The number of aryl methyl sites for hydroxylation is 1. The lowest BCUT2D eigenvalue weighted by molar-refractivity contribution is -0.137. The zero-order chi connectivity index (χ0) is 17.5. The van der Waals surface area contributed by atoms with Crippen molar-refractivity contribution in [1.29, 1.82) is 0 Å². The number of nitrogens with one attached hydrogen (secondary N) is 1. The number of methoxy groups -OCH3 is 1. The van der Waals surface area contributed by atoms with Gasteiger partial charge in [-0.15, -0.1) is 0 Å². The maximum absolute atomic E-state index is 12.6. The van der Waals surface area contributed by atoms with Crippen LogP contribution in [0.1, 0.15) is 52.7 Å². The van der Waals surface area contributed by atoms with Crippen molar-refractivity contribution in [2.45, 2.75) is 59.5 Å². The highest BCUT2D eigenvalue weighted by Gasteiger charge is 2.34. The van der Waals surface area contributed by atoms with Gasteiger partial charge in [0.1, 0.15) is 5.60 Å². The van der Waals surface area contributed by atoms with Gasteiger partial charge in [-0.1, -0.05) is 27.2 Å². The van der Waals surface area contributed by atoms with Crippen LogP contribution in [0.2, 0.25) is 0 Å². The van der Waals surface area contributed by atoms with Crippen LogP contribution >= 0.6 is 0 Å². The number of unbranched alkanes of at least 4 members (excludes halogenated alkanes) is 1. The molecular weight excluding hydrogens is 292 g/mol. The third-order valence-corrected chi connectivity index (χ3v) is 3.78. The van der Waals surface area contributed by atoms with Gasteiger partial charge >= 0.3 is 0 Å². The second-order valence-corrected chi connectivity index (χ2v) is 6.47. The second-order valence-electron chi connectivity index (χ2n) is 6.47. The van der Waals surface area contributed by atoms with Crippen LogP contribution in [-0.4, -0.2) is 30.2 Å². The first kappa shape index (κ1) is 19.4. The van der Waals surface area contributed by atoms with Crippen molar-refractivity contribution >= 4 is 11.6 Å². The lowest BCUT2D eigenvalue weighted by Crippen LogP contribution is -2.43. The summed E-state index contributed by atoms with van der Waals surface area (Å²) in [6.07, 6.45) is 2.74. The lowest BCUT2D eigenvalue weighted by Gasteiger charge is -2.28. The number of nitrogens with zero attached hydrogens (tertiary/aromatic N) is 1. The summed E-state index contributed by atoms with van der Waals surface area (Å²) < 4.78 is 11.0. The minimum Gasteiger partial charge on any atom is -0.478 e. The average molecular weight is 322 g/mol. The number of hydrogen-bond acceptors (Lipinski definition) is 4. The molecule has 0 bridgehead atoms. The van der Waals surface area contributed by atoms with Gasteiger partial charge in [0.05, 0.1) is 18.0 Å². The fourth-order valence-corrected chi connectivity index (χ4v) is 2.37. The van der Waals surface area contributed by atoms with Crippen LogP contribution in [0.25, 0.3) is 0 Å². The van der Waals surface area contributed by atoms with E-state index >= 15 is 0 Å². The zero-order valence-electron chi connectivity index (χ0n) is 15.2. The van der Waals surface area contributed by atoms with Crippen LogP contribution < -0.4 is 10.1 Å². The quantitative estimate of drug-likeness (QED) is 0.699. The molecule has 1 amide bonds. The first-order chi connectivity index (χ1) is 10.8. The molecule has 0 radical (unpaired) electrons. The summed E-state index contributed by atoms with van der Waals surface area (Å²) in [6, 6.07) is 3.61. The van der Waals surface area contributed by atoms with Gasteiger partial charge in [0.2, 0.25) is 5.88 Å². The highest BCUT2D eigenvalue weighted by molar-refractivity contribution is 5.97. The van der Waals surface area contributed by atoms with Gasteiger partial charge in [0.15, 0.2) is 0 Å². The molecule has 0 aliphatic carbocycles. The topological polar surface area (TPSA) is 60.5 Å². The fourth-order valence-electron chi connectivity index (χ4n) is 2.37. The molecule has 0 spiro atoms. The Morgan fingerprint density at radius 2 is 2.09 bits per heavy atom. The SMILES string of the molecule is CCCCOc1ccc(NC(=O)C(C)(CC(C)C)OC)c(C)n1. The van der Waals surface area contributed by atoms with Gasteiger partial charge < -0.3 is 14.8 Å². The fraction of sp³-hybridized carbons (Fsp3) is 0.667. The van der Waals surface area contributed by atoms with E-state index in [2.05, 4.69) is 31.1 Å². The summed E-state index contributed by atoms with van der Waals surface area (Å²) in [6.45, 7) is 10.6. The van der Waals surface area contributed by atoms with Gasteiger partial charge in [-0.25, -0.2) is 4.98 Å². The number of ether oxygens (including phenoxy) is 2. The van der Waals surface area contributed by atoms with Crippen LogP contribution in [0, 0.1) is 12.8 Å². The zero-order valence-corrected chi connectivity index (χ0v) is 15.2. The number of rotatable bonds is 9. The van der Waals surface area contributed by atoms with E-state index in [1.807, 2.05) is 19.9 Å². The molecule has 0 aliphatic rings. The molecule has 0 saturated heterocycles. The minimum absolute atomic E-state index is 0.154. The van der Waals surface area contributed by atoms with Crippen molar-refractivity contribution in [2.24, 2.45) is 5.92 Å². The molecule has 1 aromatic rings. The third-order valence-electron chi connectivity index (χ3n) is 3.78. The van der Waals surface area contributed by atoms with Gasteiger partial charge in [-0.05, 0) is 38.7 Å². The molecule has 5 nitrogen and oxygen atoms in total. The largest absolute Gasteiger partial charge is 0.478 e. The number of carbonyl (C=O) groups excluding carboxylic acids is 1. The average Bonchev–Trinajstić information content (AvgIpc) is 2.49. The van der Waals surface area contributed by atoms with Crippen LogP contribution in [-0.2, 0) is 9.53 Å². The molecule has 0 fully saturated rings. The summed E-state index contributed by atoms with van der Waals surface area (Å²) in [5.41, 5.74) is 0.567. The molecule has 1 unspecified atom stereocenters. The van der Waals surface area contributed by atoms with Crippen LogP contribution in [0.3, 0.4) is 0 Å². The molecule has 1 heterocycles. The van der Waals surface area contributed by atoms with Gasteiger partial charge in [-0.3, -0.25) is 4.79 Å². The number of carbonyl (C=O) groups is 1. The molecule has 1 rings (SSSR count). The van der Waals surface area contributed by atoms with Crippen LogP contribution in [0.4, 0.5) is 5.69 Å². The summed E-state index contributed by atoms with van der Waals surface area (Å²) in [7, 11) is 1.57. The Labute approximate surface area is 139 Å². The molecule has 1 aromatic heterocycles. The van der Waals surface area contributed by atoms with Crippen molar-refractivity contribution in [2.75, 3.05) is 19.0 Å². The number of anilines is 1. The van der Waals surface area contributed by atoms with E-state index in [0.717, 1.165) is 18.5 Å².